The molecule has 0 fully saturated rings. The van der Waals surface area contributed by atoms with E-state index in [1.165, 1.54) is 38.3 Å². The van der Waals surface area contributed by atoms with Crippen LogP contribution in [-0.4, -0.2) is 13.1 Å². The third-order valence-electron chi connectivity index (χ3n) is 2.12. The molecule has 0 aromatic carbocycles. The van der Waals surface area contributed by atoms with Gasteiger partial charge in [0.05, 0.1) is 7.11 Å². The van der Waals surface area contributed by atoms with Crippen molar-refractivity contribution in [1.82, 2.24) is 0 Å². The summed E-state index contributed by atoms with van der Waals surface area (Å²) in [6.45, 7) is 4.16. The Morgan fingerprint density at radius 3 is 2.57 bits per heavy atom. The zero-order chi connectivity index (χ0) is 10.3. The van der Waals surface area contributed by atoms with E-state index in [1.54, 1.807) is 11.3 Å². The van der Waals surface area contributed by atoms with Gasteiger partial charge in [0.25, 0.3) is 0 Å². The number of carbonyl (C=O) groups is 1. The second kappa shape index (κ2) is 3.37. The third kappa shape index (κ3) is 1.35. The van der Waals surface area contributed by atoms with E-state index in [1.807, 2.05) is 6.07 Å². The highest BCUT2D eigenvalue weighted by molar-refractivity contribution is 7.25. The lowest BCUT2D eigenvalue weighted by molar-refractivity contribution is 0.0606. The molecule has 4 heteroatoms. The molecule has 2 aromatic heterocycles. The van der Waals surface area contributed by atoms with Gasteiger partial charge in [0, 0.05) is 19.8 Å². The van der Waals surface area contributed by atoms with Crippen molar-refractivity contribution < 1.29 is 9.53 Å². The Morgan fingerprint density at radius 1 is 1.29 bits per heavy atom. The number of methoxy groups -OCH3 is 1. The lowest BCUT2D eigenvalue weighted by Crippen LogP contribution is -1.96. The van der Waals surface area contributed by atoms with Gasteiger partial charge in [-0.15, -0.1) is 22.7 Å². The van der Waals surface area contributed by atoms with Crippen molar-refractivity contribution in [2.24, 2.45) is 0 Å². The molecule has 0 radical (unpaired) electrons. The summed E-state index contributed by atoms with van der Waals surface area (Å²) in [5, 5.41) is 1.19. The highest BCUT2D eigenvalue weighted by Gasteiger charge is 2.14. The van der Waals surface area contributed by atoms with E-state index >= 15 is 0 Å². The van der Waals surface area contributed by atoms with Crippen molar-refractivity contribution in [3.8, 4) is 0 Å². The number of hydrogen-bond donors (Lipinski definition) is 0. The number of thiophene rings is 2. The minimum atomic E-state index is -0.241. The van der Waals surface area contributed by atoms with Crippen LogP contribution in [0.4, 0.5) is 0 Å². The van der Waals surface area contributed by atoms with Crippen LogP contribution in [0.3, 0.4) is 0 Å². The van der Waals surface area contributed by atoms with Gasteiger partial charge in [-0.25, -0.2) is 4.79 Å². The van der Waals surface area contributed by atoms with Crippen molar-refractivity contribution in [2.45, 2.75) is 13.8 Å². The quantitative estimate of drug-likeness (QED) is 0.697. The maximum atomic E-state index is 11.3. The molecule has 0 bridgehead atoms. The fourth-order valence-electron chi connectivity index (χ4n) is 1.45. The van der Waals surface area contributed by atoms with Crippen LogP contribution in [0.2, 0.25) is 0 Å². The molecule has 0 unspecified atom stereocenters. The molecule has 14 heavy (non-hydrogen) atoms. The molecule has 0 saturated heterocycles. The van der Waals surface area contributed by atoms with Gasteiger partial charge < -0.3 is 4.74 Å². The summed E-state index contributed by atoms with van der Waals surface area (Å²) in [7, 11) is 1.41. The summed E-state index contributed by atoms with van der Waals surface area (Å²) in [6.07, 6.45) is 0. The highest BCUT2D eigenvalue weighted by atomic mass is 32.1. The summed E-state index contributed by atoms with van der Waals surface area (Å²) >= 11 is 3.29. The minimum Gasteiger partial charge on any atom is -0.465 e. The lowest BCUT2D eigenvalue weighted by Gasteiger charge is -1.91. The predicted molar refractivity (Wildman–Crippen MR) is 60.5 cm³/mol. The van der Waals surface area contributed by atoms with Crippen molar-refractivity contribution in [2.75, 3.05) is 7.11 Å². The van der Waals surface area contributed by atoms with Gasteiger partial charge in [0.2, 0.25) is 0 Å². The summed E-state index contributed by atoms with van der Waals surface area (Å²) in [5.74, 6) is -0.241. The first-order valence-electron chi connectivity index (χ1n) is 4.21. The maximum Gasteiger partial charge on any atom is 0.348 e. The normalized spacial score (nSPS) is 10.8. The van der Waals surface area contributed by atoms with Crippen molar-refractivity contribution in [3.05, 3.63) is 20.7 Å². The average Bonchev–Trinajstić information content (AvgIpc) is 2.69. The van der Waals surface area contributed by atoms with Crippen molar-refractivity contribution >= 4 is 38.7 Å². The number of ether oxygens (including phenoxy) is 1. The fraction of sp³-hybridized carbons (Fsp3) is 0.300. The van der Waals surface area contributed by atoms with Crippen LogP contribution in [0.15, 0.2) is 6.07 Å². The summed E-state index contributed by atoms with van der Waals surface area (Å²) in [6, 6.07) is 1.92. The first-order chi connectivity index (χ1) is 6.63. The molecular weight excluding hydrogens is 216 g/mol. The average molecular weight is 226 g/mol. The van der Waals surface area contributed by atoms with Gasteiger partial charge in [-0.2, -0.15) is 0 Å². The maximum absolute atomic E-state index is 11.3. The second-order valence-corrected chi connectivity index (χ2v) is 5.54. The van der Waals surface area contributed by atoms with Gasteiger partial charge in [-0.05, 0) is 19.9 Å². The van der Waals surface area contributed by atoms with Crippen LogP contribution in [0.5, 0.6) is 0 Å². The Morgan fingerprint density at radius 2 is 2.00 bits per heavy atom. The molecule has 0 aliphatic carbocycles. The largest absolute Gasteiger partial charge is 0.465 e. The number of rotatable bonds is 1. The van der Waals surface area contributed by atoms with Gasteiger partial charge in [-0.3, -0.25) is 0 Å². The highest BCUT2D eigenvalue weighted by Crippen LogP contribution is 2.36. The topological polar surface area (TPSA) is 26.3 Å². The first kappa shape index (κ1) is 9.68. The number of aryl methyl sites for hydroxylation is 2. The van der Waals surface area contributed by atoms with Crippen LogP contribution >= 0.6 is 22.7 Å². The number of hydrogen-bond acceptors (Lipinski definition) is 4. The molecule has 2 aromatic rings. The molecule has 0 aliphatic heterocycles. The molecular formula is C10H10O2S2. The fourth-order valence-corrected chi connectivity index (χ4v) is 3.72. The van der Waals surface area contributed by atoms with Crippen LogP contribution in [0.1, 0.15) is 19.4 Å². The van der Waals surface area contributed by atoms with E-state index in [0.717, 1.165) is 0 Å². The van der Waals surface area contributed by atoms with Crippen LogP contribution in [0.25, 0.3) is 10.1 Å². The predicted octanol–water partition coefficient (Wildman–Crippen LogP) is 3.37. The molecule has 0 saturated carbocycles. The molecule has 74 valence electrons. The number of esters is 1. The zero-order valence-electron chi connectivity index (χ0n) is 8.21. The Kier molecular flexibility index (Phi) is 2.33. The minimum absolute atomic E-state index is 0.241. The molecule has 0 spiro atoms. The molecule has 0 atom stereocenters. The molecule has 2 heterocycles. The smallest absolute Gasteiger partial charge is 0.348 e. The van der Waals surface area contributed by atoms with Gasteiger partial charge in [-0.1, -0.05) is 0 Å². The van der Waals surface area contributed by atoms with Crippen LogP contribution in [0, 0.1) is 13.8 Å². The Bertz CT molecular complexity index is 459. The van der Waals surface area contributed by atoms with Gasteiger partial charge in [0.15, 0.2) is 0 Å². The summed E-state index contributed by atoms with van der Waals surface area (Å²) in [5.41, 5.74) is 0. The van der Waals surface area contributed by atoms with E-state index < -0.39 is 0 Å². The Balaban J connectivity index is 2.63. The summed E-state index contributed by atoms with van der Waals surface area (Å²) in [4.78, 5) is 14.5. The molecule has 0 N–H and O–H groups in total. The zero-order valence-corrected chi connectivity index (χ0v) is 9.84. The SMILES string of the molecule is COC(=O)c1cc2c(C)sc(C)c2s1. The molecule has 2 rings (SSSR count). The van der Waals surface area contributed by atoms with Crippen molar-refractivity contribution in [1.29, 1.82) is 0 Å². The van der Waals surface area contributed by atoms with E-state index in [-0.39, 0.29) is 5.97 Å². The summed E-state index contributed by atoms with van der Waals surface area (Å²) < 4.78 is 5.91. The second-order valence-electron chi connectivity index (χ2n) is 3.06. The number of fused-ring (bicyclic) bond motifs is 1. The lowest BCUT2D eigenvalue weighted by atomic mass is 10.3. The van der Waals surface area contributed by atoms with E-state index in [0.29, 0.717) is 4.88 Å². The molecule has 0 aliphatic rings. The van der Waals surface area contributed by atoms with Gasteiger partial charge in [0.1, 0.15) is 4.88 Å². The number of carbonyl (C=O) groups excluding carboxylic acids is 1. The van der Waals surface area contributed by atoms with E-state index in [2.05, 4.69) is 18.6 Å². The third-order valence-corrected chi connectivity index (χ3v) is 4.52. The Hall–Kier alpha value is -0.870. The molecule has 2 nitrogen and oxygen atoms in total. The van der Waals surface area contributed by atoms with Crippen LogP contribution < -0.4 is 0 Å². The van der Waals surface area contributed by atoms with Gasteiger partial charge >= 0.3 is 5.97 Å². The van der Waals surface area contributed by atoms with E-state index in [4.69, 9.17) is 0 Å². The standard InChI is InChI=1S/C10H10O2S2/c1-5-7-4-8(10(11)12-3)14-9(7)6(2)13-5/h4H,1-3H3. The Labute approximate surface area is 90.1 Å². The van der Waals surface area contributed by atoms with Crippen molar-refractivity contribution in [3.63, 3.8) is 0 Å². The monoisotopic (exact) mass is 226 g/mol. The van der Waals surface area contributed by atoms with Crippen LogP contribution in [-0.2, 0) is 4.74 Å². The first-order valence-corrected chi connectivity index (χ1v) is 5.84. The van der Waals surface area contributed by atoms with E-state index in [9.17, 15) is 4.79 Å². The molecule has 0 amide bonds.